The molecule has 0 bridgehead atoms. The van der Waals surface area contributed by atoms with Gasteiger partial charge in [-0.2, -0.15) is 5.10 Å². The van der Waals surface area contributed by atoms with Crippen LogP contribution >= 0.6 is 34.5 Å². The second-order valence-corrected chi connectivity index (χ2v) is 5.95. The van der Waals surface area contributed by atoms with Crippen molar-refractivity contribution in [3.05, 3.63) is 40.0 Å². The van der Waals surface area contributed by atoms with E-state index in [1.54, 1.807) is 35.6 Å². The van der Waals surface area contributed by atoms with Crippen LogP contribution in [0.25, 0.3) is 21.7 Å². The van der Waals surface area contributed by atoms with E-state index in [9.17, 15) is 0 Å². The van der Waals surface area contributed by atoms with Gasteiger partial charge in [-0.3, -0.25) is 9.67 Å². The van der Waals surface area contributed by atoms with Crippen LogP contribution in [0.15, 0.2) is 29.9 Å². The monoisotopic (exact) mass is 324 g/mol. The van der Waals surface area contributed by atoms with Gasteiger partial charge in [0.2, 0.25) is 0 Å². The Kier molecular flexibility index (Phi) is 3.41. The van der Waals surface area contributed by atoms with Crippen molar-refractivity contribution in [2.45, 2.75) is 0 Å². The zero-order valence-corrected chi connectivity index (χ0v) is 12.8. The number of hydrogen-bond donors (Lipinski definition) is 1. The SMILES string of the molecule is Cn1nc(-c2cncs2)c(-c2ccc(Cl)cc2Cl)c1N. The van der Waals surface area contributed by atoms with Gasteiger partial charge in [0.05, 0.1) is 21.0 Å². The fourth-order valence-electron chi connectivity index (χ4n) is 2.00. The number of benzene rings is 1. The number of nitrogens with two attached hydrogens (primary N) is 1. The summed E-state index contributed by atoms with van der Waals surface area (Å²) in [5, 5.41) is 5.59. The first kappa shape index (κ1) is 13.4. The Hall–Kier alpha value is -1.56. The summed E-state index contributed by atoms with van der Waals surface area (Å²) in [4.78, 5) is 5.03. The van der Waals surface area contributed by atoms with Crippen molar-refractivity contribution >= 4 is 40.4 Å². The van der Waals surface area contributed by atoms with Gasteiger partial charge >= 0.3 is 0 Å². The van der Waals surface area contributed by atoms with Gasteiger partial charge in [-0.25, -0.2) is 0 Å². The molecule has 0 spiro atoms. The zero-order chi connectivity index (χ0) is 14.3. The third-order valence-corrected chi connectivity index (χ3v) is 4.29. The van der Waals surface area contributed by atoms with E-state index in [0.29, 0.717) is 15.9 Å². The topological polar surface area (TPSA) is 56.7 Å². The third kappa shape index (κ3) is 2.18. The number of anilines is 1. The molecule has 0 amide bonds. The quantitative estimate of drug-likeness (QED) is 0.772. The maximum absolute atomic E-state index is 6.29. The lowest BCUT2D eigenvalue weighted by molar-refractivity contribution is 0.783. The molecule has 0 aliphatic carbocycles. The van der Waals surface area contributed by atoms with Crippen LogP contribution in [0.3, 0.4) is 0 Å². The summed E-state index contributed by atoms with van der Waals surface area (Å²) in [5.74, 6) is 0.553. The molecule has 20 heavy (non-hydrogen) atoms. The predicted molar refractivity (Wildman–Crippen MR) is 84.2 cm³/mol. The number of hydrogen-bond acceptors (Lipinski definition) is 4. The molecule has 4 nitrogen and oxygen atoms in total. The van der Waals surface area contributed by atoms with Crippen molar-refractivity contribution in [3.8, 4) is 21.7 Å². The molecule has 0 unspecified atom stereocenters. The summed E-state index contributed by atoms with van der Waals surface area (Å²) >= 11 is 13.7. The Balaban J connectivity index is 2.28. The van der Waals surface area contributed by atoms with Crippen molar-refractivity contribution in [3.63, 3.8) is 0 Å². The van der Waals surface area contributed by atoms with Gasteiger partial charge in [-0.1, -0.05) is 29.3 Å². The molecule has 0 fully saturated rings. The molecule has 1 aromatic carbocycles. The normalized spacial score (nSPS) is 10.9. The van der Waals surface area contributed by atoms with Crippen LogP contribution in [0.2, 0.25) is 10.0 Å². The minimum Gasteiger partial charge on any atom is -0.383 e. The lowest BCUT2D eigenvalue weighted by Gasteiger charge is -2.06. The highest BCUT2D eigenvalue weighted by Gasteiger charge is 2.20. The van der Waals surface area contributed by atoms with Crippen molar-refractivity contribution in [1.29, 1.82) is 0 Å². The average molecular weight is 325 g/mol. The van der Waals surface area contributed by atoms with Crippen LogP contribution in [0.5, 0.6) is 0 Å². The summed E-state index contributed by atoms with van der Waals surface area (Å²) in [6.45, 7) is 0. The van der Waals surface area contributed by atoms with Gasteiger partial charge in [-0.15, -0.1) is 11.3 Å². The Labute approximate surface area is 129 Å². The highest BCUT2D eigenvalue weighted by molar-refractivity contribution is 7.13. The first-order valence-corrected chi connectivity index (χ1v) is 7.38. The minimum absolute atomic E-state index is 0.544. The Morgan fingerprint density at radius 1 is 1.30 bits per heavy atom. The number of aryl methyl sites for hydroxylation is 1. The van der Waals surface area contributed by atoms with Crippen LogP contribution in [0, 0.1) is 0 Å². The zero-order valence-electron chi connectivity index (χ0n) is 10.5. The number of nitrogens with zero attached hydrogens (tertiary/aromatic N) is 3. The summed E-state index contributed by atoms with van der Waals surface area (Å²) in [6.07, 6.45) is 1.76. The number of thiazole rings is 1. The van der Waals surface area contributed by atoms with Gasteiger partial charge in [-0.05, 0) is 12.1 Å². The maximum atomic E-state index is 6.29. The van der Waals surface area contributed by atoms with Crippen molar-refractivity contribution < 1.29 is 0 Å². The molecule has 0 radical (unpaired) electrons. The molecule has 2 N–H and O–H groups in total. The van der Waals surface area contributed by atoms with E-state index in [1.165, 1.54) is 11.3 Å². The number of aromatic nitrogens is 3. The third-order valence-electron chi connectivity index (χ3n) is 2.96. The van der Waals surface area contributed by atoms with Crippen molar-refractivity contribution in [1.82, 2.24) is 14.8 Å². The Bertz CT molecular complexity index is 765. The summed E-state index contributed by atoms with van der Waals surface area (Å²) in [7, 11) is 1.80. The molecule has 0 aliphatic rings. The fourth-order valence-corrected chi connectivity index (χ4v) is 3.11. The lowest BCUT2D eigenvalue weighted by atomic mass is 10.0. The number of halogens is 2. The molecule has 2 heterocycles. The molecular formula is C13H10Cl2N4S. The molecule has 0 atom stereocenters. The molecule has 3 aromatic rings. The maximum Gasteiger partial charge on any atom is 0.130 e. The highest BCUT2D eigenvalue weighted by Crippen LogP contribution is 2.40. The highest BCUT2D eigenvalue weighted by atomic mass is 35.5. The predicted octanol–water partition coefficient (Wildman–Crippen LogP) is 4.10. The van der Waals surface area contributed by atoms with Crippen LogP contribution in [0.1, 0.15) is 0 Å². The van der Waals surface area contributed by atoms with Crippen LogP contribution in [-0.2, 0) is 7.05 Å². The molecule has 102 valence electrons. The van der Waals surface area contributed by atoms with Gasteiger partial charge in [0.25, 0.3) is 0 Å². The van der Waals surface area contributed by atoms with Crippen LogP contribution in [-0.4, -0.2) is 14.8 Å². The van der Waals surface area contributed by atoms with Crippen molar-refractivity contribution in [2.24, 2.45) is 7.05 Å². The Morgan fingerprint density at radius 3 is 2.75 bits per heavy atom. The van der Waals surface area contributed by atoms with E-state index in [0.717, 1.165) is 21.7 Å². The largest absolute Gasteiger partial charge is 0.383 e. The smallest absolute Gasteiger partial charge is 0.130 e. The van der Waals surface area contributed by atoms with E-state index in [4.69, 9.17) is 28.9 Å². The molecule has 0 saturated carbocycles. The summed E-state index contributed by atoms with van der Waals surface area (Å²) < 4.78 is 1.63. The van der Waals surface area contributed by atoms with Crippen LogP contribution in [0.4, 0.5) is 5.82 Å². The first-order chi connectivity index (χ1) is 9.58. The van der Waals surface area contributed by atoms with Gasteiger partial charge in [0, 0.05) is 23.8 Å². The van der Waals surface area contributed by atoms with E-state index in [1.807, 2.05) is 6.07 Å². The molecule has 0 saturated heterocycles. The van der Waals surface area contributed by atoms with Gasteiger partial charge < -0.3 is 5.73 Å². The lowest BCUT2D eigenvalue weighted by Crippen LogP contribution is -1.98. The molecule has 7 heteroatoms. The van der Waals surface area contributed by atoms with E-state index in [2.05, 4.69) is 10.1 Å². The Morgan fingerprint density at radius 2 is 2.10 bits per heavy atom. The van der Waals surface area contributed by atoms with Crippen molar-refractivity contribution in [2.75, 3.05) is 5.73 Å². The number of nitrogen functional groups attached to an aromatic ring is 1. The second-order valence-electron chi connectivity index (χ2n) is 4.22. The van der Waals surface area contributed by atoms with E-state index >= 15 is 0 Å². The fraction of sp³-hybridized carbons (Fsp3) is 0.0769. The van der Waals surface area contributed by atoms with Gasteiger partial charge in [0.1, 0.15) is 11.5 Å². The minimum atomic E-state index is 0.544. The van der Waals surface area contributed by atoms with E-state index in [-0.39, 0.29) is 0 Å². The first-order valence-electron chi connectivity index (χ1n) is 5.74. The molecule has 0 aliphatic heterocycles. The molecule has 2 aromatic heterocycles. The van der Waals surface area contributed by atoms with Gasteiger partial charge in [0.15, 0.2) is 0 Å². The second kappa shape index (κ2) is 5.09. The summed E-state index contributed by atoms with van der Waals surface area (Å²) in [6, 6.07) is 5.33. The molecular weight excluding hydrogens is 315 g/mol. The average Bonchev–Trinajstić information content (AvgIpc) is 3.01. The number of rotatable bonds is 2. The van der Waals surface area contributed by atoms with E-state index < -0.39 is 0 Å². The summed E-state index contributed by atoms with van der Waals surface area (Å²) in [5.41, 5.74) is 10.3. The standard InChI is InChI=1S/C13H10Cl2N4S/c1-19-13(16)11(8-3-2-7(14)4-9(8)15)12(18-19)10-5-17-6-20-10/h2-6H,16H2,1H3. The molecule has 3 rings (SSSR count). The van der Waals surface area contributed by atoms with Crippen LogP contribution < -0.4 is 5.73 Å².